The largest absolute Gasteiger partial charge is 0.494 e. The zero-order chi connectivity index (χ0) is 14.1. The van der Waals surface area contributed by atoms with Crippen molar-refractivity contribution in [2.75, 3.05) is 14.2 Å². The van der Waals surface area contributed by atoms with E-state index in [9.17, 15) is 4.79 Å². The molecule has 0 bridgehead atoms. The third kappa shape index (κ3) is 1.93. The van der Waals surface area contributed by atoms with Crippen molar-refractivity contribution in [1.29, 1.82) is 0 Å². The van der Waals surface area contributed by atoms with Crippen LogP contribution in [0.4, 0.5) is 0 Å². The highest BCUT2D eigenvalue weighted by molar-refractivity contribution is 5.97. The van der Waals surface area contributed by atoms with Gasteiger partial charge in [-0.05, 0) is 24.3 Å². The Hall–Kier alpha value is -2.69. The molecule has 2 aromatic carbocycles. The first kappa shape index (κ1) is 12.3. The SMILES string of the molecule is COC(=O)c1cc(OC)c2nc3ccccc3nc2c1. The molecule has 0 spiro atoms. The van der Waals surface area contributed by atoms with Gasteiger partial charge in [-0.15, -0.1) is 0 Å². The first-order valence-corrected chi connectivity index (χ1v) is 6.06. The molecule has 0 saturated heterocycles. The minimum absolute atomic E-state index is 0.390. The van der Waals surface area contributed by atoms with Gasteiger partial charge in [0.05, 0.1) is 36.3 Å². The van der Waals surface area contributed by atoms with Gasteiger partial charge in [-0.2, -0.15) is 0 Å². The maximum atomic E-state index is 11.7. The van der Waals surface area contributed by atoms with E-state index in [-0.39, 0.29) is 0 Å². The van der Waals surface area contributed by atoms with Crippen LogP contribution in [-0.2, 0) is 4.74 Å². The third-order valence-electron chi connectivity index (χ3n) is 3.05. The number of hydrogen-bond donors (Lipinski definition) is 0. The Kier molecular flexibility index (Phi) is 2.95. The number of hydrogen-bond acceptors (Lipinski definition) is 5. The monoisotopic (exact) mass is 268 g/mol. The van der Waals surface area contributed by atoms with Crippen LogP contribution in [-0.4, -0.2) is 30.2 Å². The maximum Gasteiger partial charge on any atom is 0.338 e. The Morgan fingerprint density at radius 2 is 1.70 bits per heavy atom. The zero-order valence-corrected chi connectivity index (χ0v) is 11.1. The fourth-order valence-electron chi connectivity index (χ4n) is 2.09. The molecule has 3 rings (SSSR count). The summed E-state index contributed by atoms with van der Waals surface area (Å²) in [6.45, 7) is 0. The number of rotatable bonds is 2. The summed E-state index contributed by atoms with van der Waals surface area (Å²) in [6.07, 6.45) is 0. The van der Waals surface area contributed by atoms with Crippen molar-refractivity contribution in [3.05, 3.63) is 42.0 Å². The molecule has 20 heavy (non-hydrogen) atoms. The summed E-state index contributed by atoms with van der Waals surface area (Å²) in [6, 6.07) is 10.8. The van der Waals surface area contributed by atoms with E-state index in [1.807, 2.05) is 24.3 Å². The summed E-state index contributed by atoms with van der Waals surface area (Å²) >= 11 is 0. The average molecular weight is 268 g/mol. The van der Waals surface area contributed by atoms with Crippen molar-refractivity contribution in [1.82, 2.24) is 9.97 Å². The molecular weight excluding hydrogens is 256 g/mol. The molecule has 0 aliphatic carbocycles. The quantitative estimate of drug-likeness (QED) is 0.528. The minimum Gasteiger partial charge on any atom is -0.494 e. The van der Waals surface area contributed by atoms with E-state index in [2.05, 4.69) is 9.97 Å². The lowest BCUT2D eigenvalue weighted by atomic mass is 10.1. The number of benzene rings is 2. The van der Waals surface area contributed by atoms with Crippen molar-refractivity contribution in [3.8, 4) is 5.75 Å². The highest BCUT2D eigenvalue weighted by Gasteiger charge is 2.13. The van der Waals surface area contributed by atoms with Crippen LogP contribution in [0.3, 0.4) is 0 Å². The molecule has 0 aliphatic rings. The molecule has 0 atom stereocenters. The highest BCUT2D eigenvalue weighted by atomic mass is 16.5. The number of nitrogens with zero attached hydrogens (tertiary/aromatic N) is 2. The minimum atomic E-state index is -0.430. The smallest absolute Gasteiger partial charge is 0.338 e. The van der Waals surface area contributed by atoms with Gasteiger partial charge in [0.25, 0.3) is 0 Å². The van der Waals surface area contributed by atoms with Crippen molar-refractivity contribution >= 4 is 28.0 Å². The summed E-state index contributed by atoms with van der Waals surface area (Å²) < 4.78 is 10.0. The summed E-state index contributed by atoms with van der Waals surface area (Å²) in [4.78, 5) is 20.7. The fourth-order valence-corrected chi connectivity index (χ4v) is 2.09. The Labute approximate surface area is 115 Å². The second-order valence-electron chi connectivity index (χ2n) is 4.25. The van der Waals surface area contributed by atoms with E-state index in [4.69, 9.17) is 9.47 Å². The van der Waals surface area contributed by atoms with Gasteiger partial charge in [-0.25, -0.2) is 14.8 Å². The van der Waals surface area contributed by atoms with E-state index in [0.717, 1.165) is 11.0 Å². The Bertz CT molecular complexity index is 815. The molecule has 3 aromatic rings. The lowest BCUT2D eigenvalue weighted by Gasteiger charge is -2.08. The summed E-state index contributed by atoms with van der Waals surface area (Å²) in [5.74, 6) is 0.0707. The summed E-state index contributed by atoms with van der Waals surface area (Å²) in [5, 5.41) is 0. The molecule has 100 valence electrons. The van der Waals surface area contributed by atoms with Crippen LogP contribution in [0, 0.1) is 0 Å². The van der Waals surface area contributed by atoms with Gasteiger partial charge >= 0.3 is 5.97 Å². The lowest BCUT2D eigenvalue weighted by molar-refractivity contribution is 0.0600. The van der Waals surface area contributed by atoms with Gasteiger partial charge in [-0.3, -0.25) is 0 Å². The molecular formula is C15H12N2O3. The predicted molar refractivity (Wildman–Crippen MR) is 74.9 cm³/mol. The van der Waals surface area contributed by atoms with Gasteiger partial charge in [0.1, 0.15) is 11.3 Å². The van der Waals surface area contributed by atoms with E-state index in [1.54, 1.807) is 12.1 Å². The van der Waals surface area contributed by atoms with Crippen LogP contribution >= 0.6 is 0 Å². The molecule has 1 aromatic heterocycles. The van der Waals surface area contributed by atoms with Crippen LogP contribution < -0.4 is 4.74 Å². The first-order valence-electron chi connectivity index (χ1n) is 6.06. The number of carbonyl (C=O) groups excluding carboxylic acids is 1. The van der Waals surface area contributed by atoms with Crippen LogP contribution in [0.25, 0.3) is 22.1 Å². The standard InChI is InChI=1S/C15H12N2O3/c1-19-13-8-9(15(18)20-2)7-12-14(13)17-11-6-4-3-5-10(11)16-12/h3-8H,1-2H3. The van der Waals surface area contributed by atoms with E-state index >= 15 is 0 Å². The first-order chi connectivity index (χ1) is 9.72. The lowest BCUT2D eigenvalue weighted by Crippen LogP contribution is -2.03. The van der Waals surface area contributed by atoms with E-state index in [0.29, 0.717) is 22.3 Å². The van der Waals surface area contributed by atoms with Gasteiger partial charge in [0, 0.05) is 0 Å². The topological polar surface area (TPSA) is 61.3 Å². The van der Waals surface area contributed by atoms with Crippen molar-refractivity contribution in [3.63, 3.8) is 0 Å². The molecule has 0 amide bonds. The van der Waals surface area contributed by atoms with Gasteiger partial charge in [-0.1, -0.05) is 12.1 Å². The zero-order valence-electron chi connectivity index (χ0n) is 11.1. The van der Waals surface area contributed by atoms with Crippen molar-refractivity contribution in [2.45, 2.75) is 0 Å². The number of esters is 1. The molecule has 5 heteroatoms. The normalized spacial score (nSPS) is 10.7. The fraction of sp³-hybridized carbons (Fsp3) is 0.133. The second-order valence-corrected chi connectivity index (χ2v) is 4.25. The highest BCUT2D eigenvalue weighted by Crippen LogP contribution is 2.27. The third-order valence-corrected chi connectivity index (χ3v) is 3.05. The number of methoxy groups -OCH3 is 2. The average Bonchev–Trinajstić information content (AvgIpc) is 2.50. The van der Waals surface area contributed by atoms with Gasteiger partial charge in [0.15, 0.2) is 0 Å². The van der Waals surface area contributed by atoms with Crippen LogP contribution in [0.5, 0.6) is 5.75 Å². The van der Waals surface area contributed by atoms with E-state index < -0.39 is 5.97 Å². The molecule has 0 unspecified atom stereocenters. The van der Waals surface area contributed by atoms with Crippen LogP contribution in [0.15, 0.2) is 36.4 Å². The number of aromatic nitrogens is 2. The van der Waals surface area contributed by atoms with Crippen molar-refractivity contribution < 1.29 is 14.3 Å². The Morgan fingerprint density at radius 1 is 1.00 bits per heavy atom. The molecule has 0 N–H and O–H groups in total. The number of ether oxygens (including phenoxy) is 2. The molecule has 1 heterocycles. The molecule has 0 aliphatic heterocycles. The van der Waals surface area contributed by atoms with E-state index in [1.165, 1.54) is 14.2 Å². The van der Waals surface area contributed by atoms with Gasteiger partial charge in [0.2, 0.25) is 0 Å². The molecule has 0 fully saturated rings. The number of fused-ring (bicyclic) bond motifs is 2. The van der Waals surface area contributed by atoms with Crippen molar-refractivity contribution in [2.24, 2.45) is 0 Å². The molecule has 0 radical (unpaired) electrons. The van der Waals surface area contributed by atoms with Crippen LogP contribution in [0.1, 0.15) is 10.4 Å². The molecule has 5 nitrogen and oxygen atoms in total. The number of carbonyl (C=O) groups is 1. The number of para-hydroxylation sites is 2. The predicted octanol–water partition coefficient (Wildman–Crippen LogP) is 2.58. The maximum absolute atomic E-state index is 11.7. The summed E-state index contributed by atoms with van der Waals surface area (Å²) in [7, 11) is 2.87. The Morgan fingerprint density at radius 3 is 2.35 bits per heavy atom. The summed E-state index contributed by atoms with van der Waals surface area (Å²) in [5.41, 5.74) is 3.16. The molecule has 0 saturated carbocycles. The second kappa shape index (κ2) is 4.77. The van der Waals surface area contributed by atoms with Crippen LogP contribution in [0.2, 0.25) is 0 Å². The van der Waals surface area contributed by atoms with Gasteiger partial charge < -0.3 is 9.47 Å². The Balaban J connectivity index is 2.35.